The first-order valence-electron chi connectivity index (χ1n) is 7.67. The van der Waals surface area contributed by atoms with E-state index >= 15 is 0 Å². The molecule has 3 heteroatoms. The van der Waals surface area contributed by atoms with Crippen molar-refractivity contribution in [2.45, 2.75) is 43.5 Å². The number of aliphatic imine (C=N–C) groups is 1. The topological polar surface area (TPSA) is 12.4 Å². The van der Waals surface area contributed by atoms with Gasteiger partial charge in [0.05, 0.1) is 10.6 Å². The first-order valence-corrected chi connectivity index (χ1v) is 8.49. The third-order valence-electron chi connectivity index (χ3n) is 4.32. The van der Waals surface area contributed by atoms with Gasteiger partial charge in [-0.2, -0.15) is 0 Å². The highest BCUT2D eigenvalue weighted by molar-refractivity contribution is 8.14. The molecule has 3 rings (SSSR count). The van der Waals surface area contributed by atoms with E-state index in [1.807, 2.05) is 11.8 Å². The molecule has 0 bridgehead atoms. The van der Waals surface area contributed by atoms with Crippen LogP contribution in [0.4, 0.5) is 0 Å². The summed E-state index contributed by atoms with van der Waals surface area (Å²) in [6, 6.07) is 19.4. The average molecular weight is 332 g/mol. The summed E-state index contributed by atoms with van der Waals surface area (Å²) in [5.74, 6) is 0. The molecule has 2 aromatic carbocycles. The summed E-state index contributed by atoms with van der Waals surface area (Å²) in [4.78, 5) is 6.54. The van der Waals surface area contributed by atoms with Crippen LogP contribution in [0.1, 0.15) is 37.8 Å². The highest BCUT2D eigenvalue weighted by Gasteiger charge is 2.34. The second-order valence-electron chi connectivity index (χ2n) is 5.50. The van der Waals surface area contributed by atoms with Crippen molar-refractivity contribution in [2.75, 3.05) is 0 Å². The molecule has 0 spiro atoms. The van der Waals surface area contributed by atoms with Crippen molar-refractivity contribution in [1.29, 1.82) is 0 Å². The number of thioether (sulfide) groups is 1. The van der Waals surface area contributed by atoms with E-state index in [9.17, 15) is 0 Å². The molecule has 0 saturated carbocycles. The fourth-order valence-electron chi connectivity index (χ4n) is 3.02. The molecule has 1 aliphatic heterocycles. The van der Waals surface area contributed by atoms with Gasteiger partial charge in [0.2, 0.25) is 0 Å². The van der Waals surface area contributed by atoms with Crippen LogP contribution >= 0.6 is 24.2 Å². The highest BCUT2D eigenvalue weighted by atomic mass is 35.5. The van der Waals surface area contributed by atoms with Crippen LogP contribution in [-0.4, -0.2) is 5.04 Å². The van der Waals surface area contributed by atoms with Crippen molar-refractivity contribution < 1.29 is 0 Å². The quantitative estimate of drug-likeness (QED) is 0.682. The van der Waals surface area contributed by atoms with E-state index in [1.54, 1.807) is 0 Å². The molecular weight excluding hydrogens is 310 g/mol. The minimum Gasteiger partial charge on any atom is -0.271 e. The standard InChI is InChI=1S/C19H21NS.ClH/c1-3-19(4-2)16-12-8-9-13-17(16)21-18(20-19)14-15-10-6-5-7-11-15;/h5-13H,3-4,14H2,1-2H3;1H. The van der Waals surface area contributed by atoms with Gasteiger partial charge in [0, 0.05) is 11.3 Å². The maximum atomic E-state index is 5.17. The third kappa shape index (κ3) is 3.23. The van der Waals surface area contributed by atoms with E-state index in [1.165, 1.54) is 21.1 Å². The minimum atomic E-state index is -0.0358. The van der Waals surface area contributed by atoms with Gasteiger partial charge in [-0.1, -0.05) is 74.1 Å². The second-order valence-corrected chi connectivity index (χ2v) is 6.62. The van der Waals surface area contributed by atoms with Crippen LogP contribution in [0.15, 0.2) is 64.5 Å². The first kappa shape index (κ1) is 17.1. The molecule has 22 heavy (non-hydrogen) atoms. The van der Waals surface area contributed by atoms with E-state index in [-0.39, 0.29) is 17.9 Å². The van der Waals surface area contributed by atoms with Crippen LogP contribution in [-0.2, 0) is 12.0 Å². The summed E-state index contributed by atoms with van der Waals surface area (Å²) in [5.41, 5.74) is 2.70. The Morgan fingerprint density at radius 3 is 2.23 bits per heavy atom. The van der Waals surface area contributed by atoms with Gasteiger partial charge in [-0.25, -0.2) is 0 Å². The van der Waals surface area contributed by atoms with Crippen molar-refractivity contribution in [1.82, 2.24) is 0 Å². The van der Waals surface area contributed by atoms with E-state index in [0.29, 0.717) is 0 Å². The maximum Gasteiger partial charge on any atom is 0.0871 e. The van der Waals surface area contributed by atoms with Crippen molar-refractivity contribution >= 4 is 29.2 Å². The molecule has 1 nitrogen and oxygen atoms in total. The molecule has 1 aliphatic rings. The van der Waals surface area contributed by atoms with Crippen LogP contribution in [0, 0.1) is 0 Å². The summed E-state index contributed by atoms with van der Waals surface area (Å²) in [5, 5.41) is 1.24. The summed E-state index contributed by atoms with van der Waals surface area (Å²) >= 11 is 1.83. The van der Waals surface area contributed by atoms with E-state index in [0.717, 1.165) is 19.3 Å². The van der Waals surface area contributed by atoms with Crippen LogP contribution in [0.5, 0.6) is 0 Å². The van der Waals surface area contributed by atoms with Crippen molar-refractivity contribution in [3.8, 4) is 0 Å². The lowest BCUT2D eigenvalue weighted by Crippen LogP contribution is -2.27. The minimum absolute atomic E-state index is 0. The SMILES string of the molecule is CCC1(CC)N=C(Cc2ccccc2)Sc2ccccc21.Cl. The zero-order chi connectivity index (χ0) is 14.7. The number of rotatable bonds is 4. The van der Waals surface area contributed by atoms with Gasteiger partial charge in [-0.15, -0.1) is 12.4 Å². The molecule has 0 unspecified atom stereocenters. The predicted octanol–water partition coefficient (Wildman–Crippen LogP) is 5.87. The molecule has 2 aromatic rings. The first-order chi connectivity index (χ1) is 10.3. The van der Waals surface area contributed by atoms with Crippen molar-refractivity contribution in [2.24, 2.45) is 4.99 Å². The molecule has 1 heterocycles. The Hall–Kier alpha value is -1.25. The predicted molar refractivity (Wildman–Crippen MR) is 99.4 cm³/mol. The molecule has 0 atom stereocenters. The fourth-order valence-corrected chi connectivity index (χ4v) is 4.25. The Labute approximate surface area is 143 Å². The maximum absolute atomic E-state index is 5.17. The average Bonchev–Trinajstić information content (AvgIpc) is 2.55. The smallest absolute Gasteiger partial charge is 0.0871 e. The third-order valence-corrected chi connectivity index (χ3v) is 5.37. The zero-order valence-electron chi connectivity index (χ0n) is 13.1. The normalized spacial score (nSPS) is 15.5. The van der Waals surface area contributed by atoms with Crippen molar-refractivity contribution in [3.63, 3.8) is 0 Å². The van der Waals surface area contributed by atoms with Gasteiger partial charge < -0.3 is 0 Å². The van der Waals surface area contributed by atoms with E-state index < -0.39 is 0 Å². The Bertz CT molecular complexity index is 647. The second kappa shape index (κ2) is 7.34. The van der Waals surface area contributed by atoms with Crippen molar-refractivity contribution in [3.05, 3.63) is 65.7 Å². The van der Waals surface area contributed by atoms with Gasteiger partial charge in [0.25, 0.3) is 0 Å². The number of nitrogens with zero attached hydrogens (tertiary/aromatic N) is 1. The molecule has 116 valence electrons. The summed E-state index contributed by atoms with van der Waals surface area (Å²) in [6.45, 7) is 4.50. The lowest BCUT2D eigenvalue weighted by atomic mass is 9.85. The molecule has 0 radical (unpaired) electrons. The molecule has 0 amide bonds. The lowest BCUT2D eigenvalue weighted by Gasteiger charge is -2.34. The number of benzene rings is 2. The largest absolute Gasteiger partial charge is 0.271 e. The van der Waals surface area contributed by atoms with Crippen LogP contribution in [0.2, 0.25) is 0 Å². The van der Waals surface area contributed by atoms with Crippen LogP contribution in [0.25, 0.3) is 0 Å². The Morgan fingerprint density at radius 2 is 1.55 bits per heavy atom. The summed E-state index contributed by atoms with van der Waals surface area (Å²) in [7, 11) is 0. The van der Waals surface area contributed by atoms with Gasteiger partial charge in [-0.05, 0) is 30.0 Å². The Balaban J connectivity index is 0.00000176. The Morgan fingerprint density at radius 1 is 0.909 bits per heavy atom. The molecule has 0 fully saturated rings. The molecule has 0 aliphatic carbocycles. The van der Waals surface area contributed by atoms with Crippen LogP contribution in [0.3, 0.4) is 0 Å². The van der Waals surface area contributed by atoms with Crippen LogP contribution < -0.4 is 0 Å². The highest BCUT2D eigenvalue weighted by Crippen LogP contribution is 2.44. The summed E-state index contributed by atoms with van der Waals surface area (Å²) < 4.78 is 0. The molecule has 0 aromatic heterocycles. The number of hydrogen-bond acceptors (Lipinski definition) is 2. The summed E-state index contributed by atoms with van der Waals surface area (Å²) in [6.07, 6.45) is 3.04. The molecule has 0 saturated heterocycles. The molecule has 0 N–H and O–H groups in total. The van der Waals surface area contributed by atoms with Gasteiger partial charge in [0.1, 0.15) is 0 Å². The van der Waals surface area contributed by atoms with E-state index in [2.05, 4.69) is 68.4 Å². The van der Waals surface area contributed by atoms with E-state index in [4.69, 9.17) is 4.99 Å². The van der Waals surface area contributed by atoms with Gasteiger partial charge in [0.15, 0.2) is 0 Å². The lowest BCUT2D eigenvalue weighted by molar-refractivity contribution is 0.408. The number of hydrogen-bond donors (Lipinski definition) is 0. The monoisotopic (exact) mass is 331 g/mol. The molecular formula is C19H22ClNS. The van der Waals surface area contributed by atoms with Gasteiger partial charge >= 0.3 is 0 Å². The zero-order valence-corrected chi connectivity index (χ0v) is 14.7. The Kier molecular flexibility index (Phi) is 5.71. The van der Waals surface area contributed by atoms with Gasteiger partial charge in [-0.3, -0.25) is 4.99 Å². The number of fused-ring (bicyclic) bond motifs is 1. The number of halogens is 1. The fraction of sp³-hybridized carbons (Fsp3) is 0.316.